The number of aryl methyl sites for hydroxylation is 2. The summed E-state index contributed by atoms with van der Waals surface area (Å²) in [5.74, 6) is 0.441. The summed E-state index contributed by atoms with van der Waals surface area (Å²) in [6.07, 6.45) is 2.08. The Morgan fingerprint density at radius 1 is 1.16 bits per heavy atom. The van der Waals surface area contributed by atoms with Gasteiger partial charge in [0.2, 0.25) is 15.9 Å². The van der Waals surface area contributed by atoms with Gasteiger partial charge in [0.1, 0.15) is 17.4 Å². The molecule has 0 spiro atoms. The molecule has 2 aromatic carbocycles. The predicted molar refractivity (Wildman–Crippen MR) is 124 cm³/mol. The largest absolute Gasteiger partial charge is 0.487 e. The lowest BCUT2D eigenvalue weighted by molar-refractivity contribution is -0.123. The van der Waals surface area contributed by atoms with Gasteiger partial charge in [-0.2, -0.15) is 0 Å². The molecule has 0 saturated carbocycles. The van der Waals surface area contributed by atoms with Crippen LogP contribution in [0.5, 0.6) is 5.75 Å². The number of nitrogens with zero attached hydrogens (tertiary/aromatic N) is 1. The van der Waals surface area contributed by atoms with Crippen LogP contribution < -0.4 is 14.4 Å². The van der Waals surface area contributed by atoms with E-state index in [0.29, 0.717) is 18.5 Å². The topological polar surface area (TPSA) is 75.7 Å². The second-order valence-electron chi connectivity index (χ2n) is 8.99. The van der Waals surface area contributed by atoms with Gasteiger partial charge in [0.15, 0.2) is 0 Å². The first-order chi connectivity index (χ1) is 14.4. The van der Waals surface area contributed by atoms with Crippen LogP contribution in [0.25, 0.3) is 0 Å². The quantitative estimate of drug-likeness (QED) is 0.722. The number of amides is 1. The lowest BCUT2D eigenvalue weighted by atomic mass is 9.89. The Balaban J connectivity index is 1.94. The highest BCUT2D eigenvalue weighted by atomic mass is 32.2. The first-order valence-corrected chi connectivity index (χ1v) is 12.4. The van der Waals surface area contributed by atoms with E-state index in [4.69, 9.17) is 4.74 Å². The minimum absolute atomic E-state index is 0.264. The van der Waals surface area contributed by atoms with E-state index in [2.05, 4.69) is 5.32 Å². The normalized spacial score (nSPS) is 18.5. The van der Waals surface area contributed by atoms with Gasteiger partial charge in [-0.3, -0.25) is 9.10 Å². The molecule has 1 N–H and O–H groups in total. The summed E-state index contributed by atoms with van der Waals surface area (Å²) in [5, 5.41) is 3.11. The summed E-state index contributed by atoms with van der Waals surface area (Å²) in [4.78, 5) is 13.4. The Labute approximate surface area is 185 Å². The van der Waals surface area contributed by atoms with E-state index in [0.717, 1.165) is 28.7 Å². The van der Waals surface area contributed by atoms with Crippen LogP contribution in [-0.4, -0.2) is 32.2 Å². The van der Waals surface area contributed by atoms with Crippen LogP contribution in [0, 0.1) is 13.8 Å². The SMILES string of the molecule is CCC(C(=O)NC1CC(C)(C)Oc2cc(C)ccc21)N(c1ccc(C)cc1)S(C)(=O)=O. The van der Waals surface area contributed by atoms with Crippen molar-refractivity contribution in [2.24, 2.45) is 0 Å². The molecule has 2 aromatic rings. The molecule has 1 amide bonds. The van der Waals surface area contributed by atoms with Gasteiger partial charge in [0.25, 0.3) is 0 Å². The van der Waals surface area contributed by atoms with Crippen molar-refractivity contribution in [1.29, 1.82) is 0 Å². The fraction of sp³-hybridized carbons (Fsp3) is 0.458. The van der Waals surface area contributed by atoms with Crippen molar-refractivity contribution in [1.82, 2.24) is 5.32 Å². The molecule has 1 aliphatic rings. The van der Waals surface area contributed by atoms with Crippen LogP contribution in [-0.2, 0) is 14.8 Å². The smallest absolute Gasteiger partial charge is 0.244 e. The second-order valence-corrected chi connectivity index (χ2v) is 10.8. The van der Waals surface area contributed by atoms with Crippen molar-refractivity contribution in [3.05, 3.63) is 59.2 Å². The molecule has 7 heteroatoms. The van der Waals surface area contributed by atoms with Gasteiger partial charge in [-0.25, -0.2) is 8.42 Å². The van der Waals surface area contributed by atoms with Gasteiger partial charge in [-0.1, -0.05) is 36.8 Å². The number of nitrogens with one attached hydrogen (secondary N) is 1. The number of anilines is 1. The number of hydrogen-bond donors (Lipinski definition) is 1. The number of rotatable bonds is 6. The Morgan fingerprint density at radius 3 is 2.35 bits per heavy atom. The van der Waals surface area contributed by atoms with Crippen molar-refractivity contribution >= 4 is 21.6 Å². The summed E-state index contributed by atoms with van der Waals surface area (Å²) >= 11 is 0. The van der Waals surface area contributed by atoms with Crippen LogP contribution in [0.15, 0.2) is 42.5 Å². The number of benzene rings is 2. The maximum Gasteiger partial charge on any atom is 0.244 e. The van der Waals surface area contributed by atoms with Gasteiger partial charge in [-0.05, 0) is 57.9 Å². The van der Waals surface area contributed by atoms with Gasteiger partial charge < -0.3 is 10.1 Å². The molecule has 0 fully saturated rings. The van der Waals surface area contributed by atoms with E-state index in [1.165, 1.54) is 4.31 Å². The number of sulfonamides is 1. The average molecular weight is 445 g/mol. The minimum atomic E-state index is -3.67. The van der Waals surface area contributed by atoms with Crippen LogP contribution in [0.4, 0.5) is 5.69 Å². The van der Waals surface area contributed by atoms with Crippen molar-refractivity contribution < 1.29 is 17.9 Å². The molecule has 0 radical (unpaired) electrons. The third-order valence-corrected chi connectivity index (χ3v) is 6.74. The summed E-state index contributed by atoms with van der Waals surface area (Å²) in [5.41, 5.74) is 3.04. The number of ether oxygens (including phenoxy) is 1. The van der Waals surface area contributed by atoms with Crippen LogP contribution in [0.3, 0.4) is 0 Å². The molecule has 1 aliphatic heterocycles. The zero-order valence-electron chi connectivity index (χ0n) is 19.1. The van der Waals surface area contributed by atoms with E-state index in [1.54, 1.807) is 12.1 Å². The number of carbonyl (C=O) groups excluding carboxylic acids is 1. The molecule has 2 atom stereocenters. The molecule has 0 bridgehead atoms. The van der Waals surface area contributed by atoms with Crippen molar-refractivity contribution in [3.8, 4) is 5.75 Å². The Morgan fingerprint density at radius 2 is 1.77 bits per heavy atom. The number of hydrogen-bond acceptors (Lipinski definition) is 4. The highest BCUT2D eigenvalue weighted by Gasteiger charge is 2.37. The molecule has 2 unspecified atom stereocenters. The van der Waals surface area contributed by atoms with Crippen molar-refractivity contribution in [2.75, 3.05) is 10.6 Å². The molecule has 0 aliphatic carbocycles. The molecule has 3 rings (SSSR count). The second kappa shape index (κ2) is 8.54. The van der Waals surface area contributed by atoms with Crippen molar-refractivity contribution in [3.63, 3.8) is 0 Å². The van der Waals surface area contributed by atoms with Gasteiger partial charge in [-0.15, -0.1) is 0 Å². The average Bonchev–Trinajstić information content (AvgIpc) is 2.64. The zero-order valence-corrected chi connectivity index (χ0v) is 19.9. The first kappa shape index (κ1) is 23.1. The van der Waals surface area contributed by atoms with E-state index in [1.807, 2.05) is 65.0 Å². The number of carbonyl (C=O) groups is 1. The molecular weight excluding hydrogens is 412 g/mol. The molecular formula is C24H32N2O4S. The van der Waals surface area contributed by atoms with Crippen LogP contribution in [0.2, 0.25) is 0 Å². The monoisotopic (exact) mass is 444 g/mol. The summed E-state index contributed by atoms with van der Waals surface area (Å²) in [7, 11) is -3.67. The highest BCUT2D eigenvalue weighted by molar-refractivity contribution is 7.92. The molecule has 6 nitrogen and oxygen atoms in total. The summed E-state index contributed by atoms with van der Waals surface area (Å²) in [6, 6.07) is 12.0. The maximum absolute atomic E-state index is 13.4. The number of fused-ring (bicyclic) bond motifs is 1. The Hall–Kier alpha value is -2.54. The third-order valence-electron chi connectivity index (χ3n) is 5.56. The van der Waals surface area contributed by atoms with E-state index >= 15 is 0 Å². The zero-order chi connectivity index (χ0) is 23.0. The van der Waals surface area contributed by atoms with Crippen molar-refractivity contribution in [2.45, 2.75) is 65.1 Å². The van der Waals surface area contributed by atoms with E-state index in [-0.39, 0.29) is 11.9 Å². The highest BCUT2D eigenvalue weighted by Crippen LogP contribution is 2.40. The lowest BCUT2D eigenvalue weighted by Gasteiger charge is -2.39. The Kier molecular flexibility index (Phi) is 6.37. The third kappa shape index (κ3) is 5.21. The van der Waals surface area contributed by atoms with Gasteiger partial charge in [0.05, 0.1) is 18.0 Å². The molecule has 0 saturated heterocycles. The summed E-state index contributed by atoms with van der Waals surface area (Å²) in [6.45, 7) is 9.73. The standard InChI is InChI=1S/C24H32N2O4S/c1-7-21(26(31(6,28)29)18-11-8-16(2)9-12-18)23(27)25-20-15-24(4,5)30-22-14-17(3)10-13-19(20)22/h8-14,20-21H,7,15H2,1-6H3,(H,25,27). The molecule has 168 valence electrons. The first-order valence-electron chi connectivity index (χ1n) is 10.6. The molecule has 1 heterocycles. The fourth-order valence-electron chi connectivity index (χ4n) is 4.11. The van der Waals surface area contributed by atoms with Crippen LogP contribution in [0.1, 0.15) is 56.3 Å². The lowest BCUT2D eigenvalue weighted by Crippen LogP contribution is -2.51. The summed E-state index contributed by atoms with van der Waals surface area (Å²) < 4.78 is 32.7. The van der Waals surface area contributed by atoms with E-state index < -0.39 is 21.7 Å². The fourth-order valence-corrected chi connectivity index (χ4v) is 5.32. The maximum atomic E-state index is 13.4. The van der Waals surface area contributed by atoms with E-state index in [9.17, 15) is 13.2 Å². The van der Waals surface area contributed by atoms with Gasteiger partial charge in [0, 0.05) is 12.0 Å². The predicted octanol–water partition coefficient (Wildman–Crippen LogP) is 4.27. The van der Waals surface area contributed by atoms with Gasteiger partial charge >= 0.3 is 0 Å². The molecule has 0 aromatic heterocycles. The van der Waals surface area contributed by atoms with Crippen LogP contribution >= 0.6 is 0 Å². The molecule has 31 heavy (non-hydrogen) atoms. The Bertz CT molecular complexity index is 1060. The minimum Gasteiger partial charge on any atom is -0.487 e.